The maximum Gasteiger partial charge on any atom is 0.322 e. The molecule has 0 saturated heterocycles. The Balaban J connectivity index is 1.58. The second-order valence-corrected chi connectivity index (χ2v) is 5.51. The van der Waals surface area contributed by atoms with Crippen molar-refractivity contribution in [3.63, 3.8) is 0 Å². The molecule has 122 valence electrons. The molecule has 0 bridgehead atoms. The molecule has 0 aliphatic heterocycles. The Labute approximate surface area is 138 Å². The lowest BCUT2D eigenvalue weighted by Gasteiger charge is -2.01. The van der Waals surface area contributed by atoms with E-state index in [1.54, 1.807) is 12.1 Å². The van der Waals surface area contributed by atoms with E-state index in [2.05, 4.69) is 15.5 Å². The van der Waals surface area contributed by atoms with Crippen LogP contribution in [0, 0.1) is 12.7 Å². The number of rotatable bonds is 5. The van der Waals surface area contributed by atoms with Crippen LogP contribution in [0.25, 0.3) is 0 Å². The van der Waals surface area contributed by atoms with Crippen LogP contribution < -0.4 is 5.32 Å². The zero-order valence-corrected chi connectivity index (χ0v) is 13.1. The van der Waals surface area contributed by atoms with E-state index in [0.29, 0.717) is 17.9 Å². The average molecular weight is 325 g/mol. The van der Waals surface area contributed by atoms with E-state index >= 15 is 0 Å². The third-order valence-electron chi connectivity index (χ3n) is 3.47. The number of aryl methyl sites for hydroxylation is 1. The number of hydrogen-bond donors (Lipinski definition) is 1. The summed E-state index contributed by atoms with van der Waals surface area (Å²) in [4.78, 5) is 11.9. The number of amides is 1. The quantitative estimate of drug-likeness (QED) is 0.781. The van der Waals surface area contributed by atoms with Crippen molar-refractivity contribution < 1.29 is 13.6 Å². The second-order valence-electron chi connectivity index (χ2n) is 5.51. The lowest BCUT2D eigenvalue weighted by molar-refractivity contribution is -0.115. The van der Waals surface area contributed by atoms with Crippen molar-refractivity contribution in [2.75, 3.05) is 5.32 Å². The van der Waals surface area contributed by atoms with Crippen molar-refractivity contribution in [3.05, 3.63) is 76.9 Å². The summed E-state index contributed by atoms with van der Waals surface area (Å²) in [7, 11) is 0. The van der Waals surface area contributed by atoms with Crippen molar-refractivity contribution in [3.8, 4) is 0 Å². The summed E-state index contributed by atoms with van der Waals surface area (Å²) in [6.45, 7) is 2.02. The topological polar surface area (TPSA) is 68.0 Å². The number of anilines is 1. The fourth-order valence-electron chi connectivity index (χ4n) is 2.21. The Morgan fingerprint density at radius 3 is 2.42 bits per heavy atom. The van der Waals surface area contributed by atoms with Gasteiger partial charge in [0.2, 0.25) is 11.8 Å². The fourth-order valence-corrected chi connectivity index (χ4v) is 2.21. The highest BCUT2D eigenvalue weighted by Gasteiger charge is 2.11. The zero-order chi connectivity index (χ0) is 16.9. The molecule has 0 saturated carbocycles. The molecule has 1 N–H and O–H groups in total. The maximum absolute atomic E-state index is 12.8. The number of carbonyl (C=O) groups is 1. The molecule has 0 atom stereocenters. The molecule has 0 unspecified atom stereocenters. The molecule has 0 fully saturated rings. The van der Waals surface area contributed by atoms with Gasteiger partial charge >= 0.3 is 6.01 Å². The van der Waals surface area contributed by atoms with E-state index in [1.807, 2.05) is 31.2 Å². The number of nitrogens with one attached hydrogen (secondary N) is 1. The van der Waals surface area contributed by atoms with Gasteiger partial charge in [0, 0.05) is 0 Å². The average Bonchev–Trinajstić information content (AvgIpc) is 2.99. The minimum absolute atomic E-state index is 0.0595. The second kappa shape index (κ2) is 7.04. The SMILES string of the molecule is Cc1ccc(Cc2nnc(NC(=O)Cc3ccc(F)cc3)o2)cc1. The predicted octanol–water partition coefficient (Wildman–Crippen LogP) is 3.29. The molecule has 3 aromatic rings. The van der Waals surface area contributed by atoms with Crippen LogP contribution in [-0.4, -0.2) is 16.1 Å². The van der Waals surface area contributed by atoms with Crippen LogP contribution in [0.2, 0.25) is 0 Å². The Morgan fingerprint density at radius 2 is 1.71 bits per heavy atom. The third kappa shape index (κ3) is 4.25. The van der Waals surface area contributed by atoms with Gasteiger partial charge in [-0.3, -0.25) is 10.1 Å². The van der Waals surface area contributed by atoms with Gasteiger partial charge in [-0.2, -0.15) is 0 Å². The van der Waals surface area contributed by atoms with Gasteiger partial charge in [0.25, 0.3) is 0 Å². The number of halogens is 1. The van der Waals surface area contributed by atoms with E-state index in [0.717, 1.165) is 5.56 Å². The largest absolute Gasteiger partial charge is 0.407 e. The first-order valence-electron chi connectivity index (χ1n) is 7.51. The van der Waals surface area contributed by atoms with Crippen LogP contribution >= 0.6 is 0 Å². The molecular weight excluding hydrogens is 309 g/mol. The first kappa shape index (κ1) is 15.9. The predicted molar refractivity (Wildman–Crippen MR) is 87.0 cm³/mol. The van der Waals surface area contributed by atoms with Gasteiger partial charge in [-0.15, -0.1) is 5.10 Å². The number of carbonyl (C=O) groups excluding carboxylic acids is 1. The van der Waals surface area contributed by atoms with Crippen LogP contribution in [-0.2, 0) is 17.6 Å². The van der Waals surface area contributed by atoms with E-state index in [4.69, 9.17) is 4.42 Å². The first-order chi connectivity index (χ1) is 11.6. The van der Waals surface area contributed by atoms with Gasteiger partial charge in [0.15, 0.2) is 0 Å². The molecule has 0 aliphatic rings. The van der Waals surface area contributed by atoms with E-state index in [1.165, 1.54) is 17.7 Å². The summed E-state index contributed by atoms with van der Waals surface area (Å²) < 4.78 is 18.3. The highest BCUT2D eigenvalue weighted by molar-refractivity contribution is 5.90. The van der Waals surface area contributed by atoms with Gasteiger partial charge in [0.1, 0.15) is 5.82 Å². The fraction of sp³-hybridized carbons (Fsp3) is 0.167. The first-order valence-corrected chi connectivity index (χ1v) is 7.51. The van der Waals surface area contributed by atoms with Crippen LogP contribution in [0.3, 0.4) is 0 Å². The molecule has 6 heteroatoms. The monoisotopic (exact) mass is 325 g/mol. The molecule has 1 aromatic heterocycles. The molecule has 0 aliphatic carbocycles. The normalized spacial score (nSPS) is 10.6. The summed E-state index contributed by atoms with van der Waals surface area (Å²) in [6.07, 6.45) is 0.608. The molecule has 24 heavy (non-hydrogen) atoms. The smallest absolute Gasteiger partial charge is 0.322 e. The third-order valence-corrected chi connectivity index (χ3v) is 3.47. The van der Waals surface area contributed by atoms with Gasteiger partial charge in [-0.25, -0.2) is 4.39 Å². The number of aromatic nitrogens is 2. The number of benzene rings is 2. The van der Waals surface area contributed by atoms with Crippen molar-refractivity contribution >= 4 is 11.9 Å². The van der Waals surface area contributed by atoms with Crippen molar-refractivity contribution in [1.29, 1.82) is 0 Å². The standard InChI is InChI=1S/C18H16FN3O2/c1-12-2-4-14(5-3-12)11-17-21-22-18(24-17)20-16(23)10-13-6-8-15(19)9-7-13/h2-9H,10-11H2,1H3,(H,20,22,23). The van der Waals surface area contributed by atoms with Crippen LogP contribution in [0.1, 0.15) is 22.6 Å². The Bertz CT molecular complexity index is 826. The molecule has 5 nitrogen and oxygen atoms in total. The van der Waals surface area contributed by atoms with Gasteiger partial charge in [0.05, 0.1) is 12.8 Å². The Morgan fingerprint density at radius 1 is 1.04 bits per heavy atom. The molecule has 0 spiro atoms. The van der Waals surface area contributed by atoms with Crippen molar-refractivity contribution in [2.45, 2.75) is 19.8 Å². The maximum atomic E-state index is 12.8. The lowest BCUT2D eigenvalue weighted by atomic mass is 10.1. The molecule has 2 aromatic carbocycles. The highest BCUT2D eigenvalue weighted by Crippen LogP contribution is 2.13. The molecule has 3 rings (SSSR count). The summed E-state index contributed by atoms with van der Waals surface area (Å²) >= 11 is 0. The van der Waals surface area contributed by atoms with Gasteiger partial charge in [-0.1, -0.05) is 47.1 Å². The van der Waals surface area contributed by atoms with E-state index in [-0.39, 0.29) is 24.2 Å². The summed E-state index contributed by atoms with van der Waals surface area (Å²) in [5.41, 5.74) is 2.93. The molecular formula is C18H16FN3O2. The molecule has 1 amide bonds. The summed E-state index contributed by atoms with van der Waals surface area (Å²) in [5, 5.41) is 10.3. The van der Waals surface area contributed by atoms with Crippen LogP contribution in [0.4, 0.5) is 10.4 Å². The molecule has 1 heterocycles. The van der Waals surface area contributed by atoms with Crippen molar-refractivity contribution in [1.82, 2.24) is 10.2 Å². The molecule has 0 radical (unpaired) electrons. The zero-order valence-electron chi connectivity index (χ0n) is 13.1. The Hall–Kier alpha value is -3.02. The number of nitrogens with zero attached hydrogens (tertiary/aromatic N) is 2. The summed E-state index contributed by atoms with van der Waals surface area (Å²) in [5.74, 6) is -0.208. The van der Waals surface area contributed by atoms with E-state index in [9.17, 15) is 9.18 Å². The van der Waals surface area contributed by atoms with Crippen LogP contribution in [0.5, 0.6) is 0 Å². The number of hydrogen-bond acceptors (Lipinski definition) is 4. The van der Waals surface area contributed by atoms with Gasteiger partial charge in [-0.05, 0) is 30.2 Å². The Kier molecular flexibility index (Phi) is 4.65. The van der Waals surface area contributed by atoms with Crippen LogP contribution in [0.15, 0.2) is 52.9 Å². The van der Waals surface area contributed by atoms with Gasteiger partial charge < -0.3 is 4.42 Å². The summed E-state index contributed by atoms with van der Waals surface area (Å²) in [6, 6.07) is 13.8. The minimum atomic E-state index is -0.336. The van der Waals surface area contributed by atoms with Crippen molar-refractivity contribution in [2.24, 2.45) is 0 Å². The lowest BCUT2D eigenvalue weighted by Crippen LogP contribution is -2.14. The minimum Gasteiger partial charge on any atom is -0.407 e. The van der Waals surface area contributed by atoms with E-state index < -0.39 is 0 Å². The highest BCUT2D eigenvalue weighted by atomic mass is 19.1.